The minimum Gasteiger partial charge on any atom is -0.478 e. The van der Waals surface area contributed by atoms with Crippen molar-refractivity contribution < 1.29 is 9.90 Å². The Morgan fingerprint density at radius 1 is 1.36 bits per heavy atom. The van der Waals surface area contributed by atoms with E-state index < -0.39 is 5.97 Å². The van der Waals surface area contributed by atoms with Gasteiger partial charge in [-0.05, 0) is 12.1 Å². The number of aromatic nitrogens is 3. The van der Waals surface area contributed by atoms with E-state index in [1.807, 2.05) is 0 Å². The van der Waals surface area contributed by atoms with Gasteiger partial charge in [-0.3, -0.25) is 4.98 Å². The maximum absolute atomic E-state index is 10.6. The molecule has 0 fully saturated rings. The lowest BCUT2D eigenvalue weighted by atomic mass is 10.4. The molecular formula is C9H7N3O2. The molecule has 0 amide bonds. The predicted molar refractivity (Wildman–Crippen MR) is 48.3 cm³/mol. The first-order chi connectivity index (χ1) is 6.77. The lowest BCUT2D eigenvalue weighted by molar-refractivity contribution is 0.0697. The number of nitrogens with zero attached hydrogens (tertiary/aromatic N) is 3. The standard InChI is InChI=1S/C9H7N3O2/c13-9(14)7-5-11-12(6-7)8-1-3-10-4-2-8/h1-6H,(H,13,14). The smallest absolute Gasteiger partial charge is 0.338 e. The van der Waals surface area contributed by atoms with Crippen LogP contribution < -0.4 is 0 Å². The van der Waals surface area contributed by atoms with E-state index in [1.54, 1.807) is 24.5 Å². The molecular weight excluding hydrogens is 182 g/mol. The van der Waals surface area contributed by atoms with Crippen LogP contribution in [0.5, 0.6) is 0 Å². The molecule has 70 valence electrons. The van der Waals surface area contributed by atoms with Crippen molar-refractivity contribution in [3.8, 4) is 5.69 Å². The fraction of sp³-hybridized carbons (Fsp3) is 0. The molecule has 0 unspecified atom stereocenters. The summed E-state index contributed by atoms with van der Waals surface area (Å²) >= 11 is 0. The van der Waals surface area contributed by atoms with Crippen molar-refractivity contribution in [2.24, 2.45) is 0 Å². The second-order valence-electron chi connectivity index (χ2n) is 2.68. The van der Waals surface area contributed by atoms with E-state index in [1.165, 1.54) is 17.1 Å². The second kappa shape index (κ2) is 3.29. The summed E-state index contributed by atoms with van der Waals surface area (Å²) in [5, 5.41) is 12.6. The number of carboxylic acids is 1. The maximum Gasteiger partial charge on any atom is 0.338 e. The normalized spacial score (nSPS) is 10.0. The van der Waals surface area contributed by atoms with Crippen LogP contribution in [0.1, 0.15) is 10.4 Å². The topological polar surface area (TPSA) is 68.0 Å². The Labute approximate surface area is 79.6 Å². The SMILES string of the molecule is O=C(O)c1cnn(-c2ccncc2)c1. The van der Waals surface area contributed by atoms with Crippen molar-refractivity contribution in [1.29, 1.82) is 0 Å². The zero-order valence-corrected chi connectivity index (χ0v) is 7.16. The Hall–Kier alpha value is -2.17. The van der Waals surface area contributed by atoms with Crippen molar-refractivity contribution in [2.75, 3.05) is 0 Å². The molecule has 2 aromatic rings. The minimum absolute atomic E-state index is 0.168. The molecule has 2 heterocycles. The van der Waals surface area contributed by atoms with Crippen LogP contribution in [-0.2, 0) is 0 Å². The third-order valence-electron chi connectivity index (χ3n) is 1.76. The molecule has 5 nitrogen and oxygen atoms in total. The van der Waals surface area contributed by atoms with Crippen molar-refractivity contribution in [2.45, 2.75) is 0 Å². The van der Waals surface area contributed by atoms with Gasteiger partial charge in [-0.2, -0.15) is 5.10 Å². The first-order valence-electron chi connectivity index (χ1n) is 3.96. The first-order valence-corrected chi connectivity index (χ1v) is 3.96. The van der Waals surface area contributed by atoms with Crippen LogP contribution in [0.25, 0.3) is 5.69 Å². The van der Waals surface area contributed by atoms with E-state index in [4.69, 9.17) is 5.11 Å². The summed E-state index contributed by atoms with van der Waals surface area (Å²) in [7, 11) is 0. The highest BCUT2D eigenvalue weighted by Crippen LogP contribution is 2.06. The van der Waals surface area contributed by atoms with E-state index in [9.17, 15) is 4.79 Å². The van der Waals surface area contributed by atoms with Crippen LogP contribution in [-0.4, -0.2) is 25.8 Å². The lowest BCUT2D eigenvalue weighted by Crippen LogP contribution is -1.95. The Bertz CT molecular complexity index is 450. The molecule has 0 bridgehead atoms. The molecule has 0 aliphatic rings. The van der Waals surface area contributed by atoms with Gasteiger partial charge in [0.1, 0.15) is 0 Å². The number of aromatic carboxylic acids is 1. The number of carboxylic acid groups (broad SMARTS) is 1. The van der Waals surface area contributed by atoms with Gasteiger partial charge in [-0.15, -0.1) is 0 Å². The zero-order valence-electron chi connectivity index (χ0n) is 7.16. The zero-order chi connectivity index (χ0) is 9.97. The summed E-state index contributed by atoms with van der Waals surface area (Å²) in [5.41, 5.74) is 0.953. The number of pyridine rings is 1. The third kappa shape index (κ3) is 1.47. The summed E-state index contributed by atoms with van der Waals surface area (Å²) in [4.78, 5) is 14.4. The summed E-state index contributed by atoms with van der Waals surface area (Å²) in [6.07, 6.45) is 6.01. The lowest BCUT2D eigenvalue weighted by Gasteiger charge is -1.97. The van der Waals surface area contributed by atoms with Crippen LogP contribution in [0.4, 0.5) is 0 Å². The van der Waals surface area contributed by atoms with E-state index in [0.717, 1.165) is 5.69 Å². The van der Waals surface area contributed by atoms with Crippen molar-refractivity contribution in [3.05, 3.63) is 42.5 Å². The molecule has 0 aliphatic heterocycles. The summed E-state index contributed by atoms with van der Waals surface area (Å²) in [6.45, 7) is 0. The van der Waals surface area contributed by atoms with Crippen LogP contribution in [0.2, 0.25) is 0 Å². The van der Waals surface area contributed by atoms with Gasteiger partial charge in [0.2, 0.25) is 0 Å². The highest BCUT2D eigenvalue weighted by Gasteiger charge is 2.06. The van der Waals surface area contributed by atoms with Crippen molar-refractivity contribution in [3.63, 3.8) is 0 Å². The van der Waals surface area contributed by atoms with Crippen molar-refractivity contribution in [1.82, 2.24) is 14.8 Å². The Morgan fingerprint density at radius 3 is 2.64 bits per heavy atom. The third-order valence-corrected chi connectivity index (χ3v) is 1.76. The number of carbonyl (C=O) groups is 1. The van der Waals surface area contributed by atoms with Crippen LogP contribution in [0, 0.1) is 0 Å². The fourth-order valence-electron chi connectivity index (χ4n) is 1.07. The van der Waals surface area contributed by atoms with Gasteiger partial charge in [0.05, 0.1) is 17.4 Å². The molecule has 0 aliphatic carbocycles. The van der Waals surface area contributed by atoms with E-state index >= 15 is 0 Å². The van der Waals surface area contributed by atoms with Gasteiger partial charge in [-0.25, -0.2) is 9.48 Å². The Morgan fingerprint density at radius 2 is 2.07 bits per heavy atom. The Balaban J connectivity index is 2.39. The largest absolute Gasteiger partial charge is 0.478 e. The minimum atomic E-state index is -0.981. The molecule has 5 heteroatoms. The molecule has 14 heavy (non-hydrogen) atoms. The molecule has 2 aromatic heterocycles. The molecule has 2 rings (SSSR count). The van der Waals surface area contributed by atoms with E-state index in [0.29, 0.717) is 0 Å². The average Bonchev–Trinajstić information content (AvgIpc) is 2.68. The van der Waals surface area contributed by atoms with Crippen LogP contribution in [0.15, 0.2) is 36.9 Å². The summed E-state index contributed by atoms with van der Waals surface area (Å²) < 4.78 is 1.49. The quantitative estimate of drug-likeness (QED) is 0.764. The predicted octanol–water partition coefficient (Wildman–Crippen LogP) is 0.965. The second-order valence-corrected chi connectivity index (χ2v) is 2.68. The highest BCUT2D eigenvalue weighted by molar-refractivity contribution is 5.86. The molecule has 0 saturated carbocycles. The van der Waals surface area contributed by atoms with Gasteiger partial charge in [0.15, 0.2) is 0 Å². The Kier molecular flexibility index (Phi) is 1.98. The maximum atomic E-state index is 10.6. The van der Waals surface area contributed by atoms with E-state index in [-0.39, 0.29) is 5.56 Å². The van der Waals surface area contributed by atoms with Crippen LogP contribution in [0.3, 0.4) is 0 Å². The first kappa shape index (κ1) is 8.43. The van der Waals surface area contributed by atoms with Gasteiger partial charge >= 0.3 is 5.97 Å². The highest BCUT2D eigenvalue weighted by atomic mass is 16.4. The number of hydrogen-bond acceptors (Lipinski definition) is 3. The number of hydrogen-bond donors (Lipinski definition) is 1. The van der Waals surface area contributed by atoms with Gasteiger partial charge < -0.3 is 5.11 Å². The fourth-order valence-corrected chi connectivity index (χ4v) is 1.07. The molecule has 0 spiro atoms. The van der Waals surface area contributed by atoms with Crippen molar-refractivity contribution >= 4 is 5.97 Å². The molecule has 0 radical (unpaired) electrons. The molecule has 1 N–H and O–H groups in total. The van der Waals surface area contributed by atoms with Crippen LogP contribution >= 0.6 is 0 Å². The summed E-state index contributed by atoms with van der Waals surface area (Å²) in [6, 6.07) is 3.50. The molecule has 0 atom stereocenters. The van der Waals surface area contributed by atoms with Gasteiger partial charge in [-0.1, -0.05) is 0 Å². The van der Waals surface area contributed by atoms with E-state index in [2.05, 4.69) is 10.1 Å². The molecule has 0 saturated heterocycles. The van der Waals surface area contributed by atoms with Gasteiger partial charge in [0.25, 0.3) is 0 Å². The monoisotopic (exact) mass is 189 g/mol. The summed E-state index contributed by atoms with van der Waals surface area (Å²) in [5.74, 6) is -0.981. The number of rotatable bonds is 2. The average molecular weight is 189 g/mol. The molecule has 0 aromatic carbocycles. The van der Waals surface area contributed by atoms with Gasteiger partial charge in [0, 0.05) is 18.6 Å².